The van der Waals surface area contributed by atoms with Gasteiger partial charge in [0.15, 0.2) is 0 Å². The third-order valence-electron chi connectivity index (χ3n) is 5.95. The van der Waals surface area contributed by atoms with Gasteiger partial charge < -0.3 is 0 Å². The van der Waals surface area contributed by atoms with Crippen molar-refractivity contribution in [1.82, 2.24) is 4.31 Å². The predicted molar refractivity (Wildman–Crippen MR) is 115 cm³/mol. The Balaban J connectivity index is 1.62. The summed E-state index contributed by atoms with van der Waals surface area (Å²) in [5.74, 6) is 0.250. The highest BCUT2D eigenvalue weighted by molar-refractivity contribution is 7.92. The number of nitrogens with zero attached hydrogens (tertiary/aromatic N) is 1. The van der Waals surface area contributed by atoms with Crippen molar-refractivity contribution in [3.05, 3.63) is 88.8 Å². The maximum atomic E-state index is 13.0. The van der Waals surface area contributed by atoms with Crippen LogP contribution in [0.3, 0.4) is 0 Å². The van der Waals surface area contributed by atoms with Crippen molar-refractivity contribution in [3.63, 3.8) is 0 Å². The molecule has 2 aromatic carbocycles. The molecule has 4 nitrogen and oxygen atoms in total. The highest BCUT2D eigenvalue weighted by atomic mass is 32.2. The van der Waals surface area contributed by atoms with Gasteiger partial charge in [-0.1, -0.05) is 72.3 Å². The molecule has 1 fully saturated rings. The van der Waals surface area contributed by atoms with Crippen LogP contribution in [0.25, 0.3) is 6.08 Å². The molecule has 0 spiro atoms. The van der Waals surface area contributed by atoms with Crippen molar-refractivity contribution < 1.29 is 13.2 Å². The Labute approximate surface area is 172 Å². The second kappa shape index (κ2) is 8.09. The molecular weight excluding hydrogens is 382 g/mol. The molecule has 0 radical (unpaired) electrons. The number of Topliss-reactive ketones (excluding diaryl/α,β-unsaturated/α-hetero) is 1. The molecule has 0 N–H and O–H groups in total. The smallest absolute Gasteiger partial charge is 0.236 e. The molecule has 0 saturated heterocycles. The molecule has 2 aromatic rings. The number of carbonyl (C=O) groups excluding carboxylic acids is 1. The average molecular weight is 408 g/mol. The van der Waals surface area contributed by atoms with Gasteiger partial charge in [0.05, 0.1) is 0 Å². The van der Waals surface area contributed by atoms with Crippen molar-refractivity contribution >= 4 is 21.9 Å². The summed E-state index contributed by atoms with van der Waals surface area (Å²) in [7, 11) is -3.55. The van der Waals surface area contributed by atoms with Crippen LogP contribution in [0.5, 0.6) is 0 Å². The summed E-state index contributed by atoms with van der Waals surface area (Å²) in [6.07, 6.45) is 6.01. The van der Waals surface area contributed by atoms with Gasteiger partial charge in [0.2, 0.25) is 10.0 Å². The molecule has 0 bridgehead atoms. The van der Waals surface area contributed by atoms with E-state index in [-0.39, 0.29) is 11.2 Å². The average Bonchev–Trinajstić information content (AvgIpc) is 2.74. The van der Waals surface area contributed by atoms with Gasteiger partial charge in [0.1, 0.15) is 5.78 Å². The molecule has 4 rings (SSSR count). The Morgan fingerprint density at radius 3 is 2.41 bits per heavy atom. The van der Waals surface area contributed by atoms with Crippen LogP contribution in [0.1, 0.15) is 30.4 Å². The standard InChI is InChI=1S/C24H25NO3S/c26-23-11-14-24(18-21-9-5-2-6-10-21)19-25(15-12-22(24)17-23)29(27,28)16-13-20-7-3-1-4-8-20/h1-10,12-13,16H,11,14-15,17-19H2. The topological polar surface area (TPSA) is 54.5 Å². The summed E-state index contributed by atoms with van der Waals surface area (Å²) in [5, 5.41) is 1.30. The van der Waals surface area contributed by atoms with Crippen LogP contribution < -0.4 is 0 Å². The lowest BCUT2D eigenvalue weighted by Crippen LogP contribution is -2.48. The van der Waals surface area contributed by atoms with Crippen LogP contribution in [-0.2, 0) is 21.2 Å². The van der Waals surface area contributed by atoms with Gasteiger partial charge in [-0.25, -0.2) is 8.42 Å². The van der Waals surface area contributed by atoms with Crippen LogP contribution in [0, 0.1) is 5.41 Å². The van der Waals surface area contributed by atoms with E-state index in [1.165, 1.54) is 11.0 Å². The second-order valence-electron chi connectivity index (χ2n) is 7.94. The molecule has 1 aliphatic heterocycles. The Kier molecular flexibility index (Phi) is 5.52. The highest BCUT2D eigenvalue weighted by Gasteiger charge is 2.44. The van der Waals surface area contributed by atoms with E-state index in [1.54, 1.807) is 10.4 Å². The SMILES string of the molecule is O=C1CCC2(Cc3ccccc3)CN(S(=O)(=O)C=Cc3ccccc3)CC=C2C1. The van der Waals surface area contributed by atoms with E-state index < -0.39 is 10.0 Å². The molecule has 0 aromatic heterocycles. The van der Waals surface area contributed by atoms with Crippen LogP contribution in [0.15, 0.2) is 77.7 Å². The molecule has 29 heavy (non-hydrogen) atoms. The third kappa shape index (κ3) is 4.41. The number of benzene rings is 2. The molecule has 1 saturated carbocycles. The molecule has 150 valence electrons. The summed E-state index contributed by atoms with van der Waals surface area (Å²) in [4.78, 5) is 12.1. The molecule has 2 aliphatic rings. The number of sulfonamides is 1. The van der Waals surface area contributed by atoms with E-state index in [1.807, 2.05) is 54.6 Å². The number of ketones is 1. The summed E-state index contributed by atoms with van der Waals surface area (Å²) < 4.78 is 27.6. The Bertz CT molecular complexity index is 1040. The minimum Gasteiger partial charge on any atom is -0.299 e. The van der Waals surface area contributed by atoms with E-state index in [4.69, 9.17) is 0 Å². The largest absolute Gasteiger partial charge is 0.299 e. The lowest BCUT2D eigenvalue weighted by atomic mass is 9.65. The van der Waals surface area contributed by atoms with Crippen molar-refractivity contribution in [3.8, 4) is 0 Å². The first-order valence-corrected chi connectivity index (χ1v) is 11.5. The van der Waals surface area contributed by atoms with Gasteiger partial charge >= 0.3 is 0 Å². The molecule has 1 unspecified atom stereocenters. The monoisotopic (exact) mass is 407 g/mol. The first-order valence-electron chi connectivity index (χ1n) is 9.95. The lowest BCUT2D eigenvalue weighted by Gasteiger charge is -2.45. The maximum Gasteiger partial charge on any atom is 0.236 e. The second-order valence-corrected chi connectivity index (χ2v) is 9.76. The predicted octanol–water partition coefficient (Wildman–Crippen LogP) is 4.21. The summed E-state index contributed by atoms with van der Waals surface area (Å²) in [6.45, 7) is 0.739. The number of fused-ring (bicyclic) bond motifs is 1. The van der Waals surface area contributed by atoms with Crippen molar-refractivity contribution in [2.45, 2.75) is 25.7 Å². The molecule has 0 amide bonds. The van der Waals surface area contributed by atoms with Gasteiger partial charge in [-0.3, -0.25) is 4.79 Å². The van der Waals surface area contributed by atoms with E-state index in [0.29, 0.717) is 32.4 Å². The van der Waals surface area contributed by atoms with E-state index in [9.17, 15) is 13.2 Å². The number of carbonyl (C=O) groups is 1. The summed E-state index contributed by atoms with van der Waals surface area (Å²) >= 11 is 0. The molecular formula is C24H25NO3S. The number of hydrogen-bond donors (Lipinski definition) is 0. The van der Waals surface area contributed by atoms with Crippen molar-refractivity contribution in [2.75, 3.05) is 13.1 Å². The van der Waals surface area contributed by atoms with Gasteiger partial charge in [-0.05, 0) is 30.0 Å². The zero-order valence-corrected chi connectivity index (χ0v) is 17.1. The Hall–Kier alpha value is -2.50. The van der Waals surface area contributed by atoms with Gasteiger partial charge in [-0.15, -0.1) is 0 Å². The van der Waals surface area contributed by atoms with E-state index >= 15 is 0 Å². The highest BCUT2D eigenvalue weighted by Crippen LogP contribution is 2.45. The lowest BCUT2D eigenvalue weighted by molar-refractivity contribution is -0.120. The fourth-order valence-corrected chi connectivity index (χ4v) is 5.57. The van der Waals surface area contributed by atoms with Crippen LogP contribution in [0.2, 0.25) is 0 Å². The Morgan fingerprint density at radius 1 is 1.00 bits per heavy atom. The Morgan fingerprint density at radius 2 is 1.69 bits per heavy atom. The minimum atomic E-state index is -3.55. The molecule has 1 heterocycles. The van der Waals surface area contributed by atoms with E-state index in [2.05, 4.69) is 12.1 Å². The van der Waals surface area contributed by atoms with Gasteiger partial charge in [-0.2, -0.15) is 4.31 Å². The van der Waals surface area contributed by atoms with Gasteiger partial charge in [0.25, 0.3) is 0 Å². The number of rotatable bonds is 5. The fraction of sp³-hybridized carbons (Fsp3) is 0.292. The first-order chi connectivity index (χ1) is 14.0. The van der Waals surface area contributed by atoms with Crippen LogP contribution in [-0.4, -0.2) is 31.6 Å². The first kappa shape index (κ1) is 19.8. The third-order valence-corrected chi connectivity index (χ3v) is 7.43. The normalized spacial score (nSPS) is 23.0. The van der Waals surface area contributed by atoms with Gasteiger partial charge in [0, 0.05) is 36.8 Å². The van der Waals surface area contributed by atoms with Crippen LogP contribution in [0.4, 0.5) is 0 Å². The molecule has 5 heteroatoms. The zero-order chi connectivity index (χ0) is 20.3. The number of hydrogen-bond acceptors (Lipinski definition) is 3. The minimum absolute atomic E-state index is 0.250. The molecule has 1 atom stereocenters. The van der Waals surface area contributed by atoms with E-state index in [0.717, 1.165) is 17.6 Å². The van der Waals surface area contributed by atoms with Crippen molar-refractivity contribution in [2.24, 2.45) is 5.41 Å². The summed E-state index contributed by atoms with van der Waals surface area (Å²) in [5.41, 5.74) is 2.83. The quantitative estimate of drug-likeness (QED) is 0.698. The summed E-state index contributed by atoms with van der Waals surface area (Å²) in [6, 6.07) is 19.6. The maximum absolute atomic E-state index is 13.0. The molecule has 1 aliphatic carbocycles. The zero-order valence-electron chi connectivity index (χ0n) is 16.3. The van der Waals surface area contributed by atoms with Crippen LogP contribution >= 0.6 is 0 Å². The fourth-order valence-electron chi connectivity index (χ4n) is 4.36. The van der Waals surface area contributed by atoms with Crippen molar-refractivity contribution in [1.29, 1.82) is 0 Å².